The lowest BCUT2D eigenvalue weighted by atomic mass is 10.0. The highest BCUT2D eigenvalue weighted by Crippen LogP contribution is 2.17. The number of nitrogens with two attached hydrogens (primary N) is 1. The van der Waals surface area contributed by atoms with E-state index in [0.29, 0.717) is 12.0 Å². The minimum Gasteiger partial charge on any atom is -0.380 e. The molecule has 1 rings (SSSR count). The molecule has 2 N–H and O–H groups in total. The molecule has 0 bridgehead atoms. The third kappa shape index (κ3) is 3.55. The predicted molar refractivity (Wildman–Crippen MR) is 62.3 cm³/mol. The third-order valence-corrected chi connectivity index (χ3v) is 2.94. The second-order valence-corrected chi connectivity index (χ2v) is 4.46. The highest BCUT2D eigenvalue weighted by atomic mass is 79.9. The predicted octanol–water partition coefficient (Wildman–Crippen LogP) is 2.49. The van der Waals surface area contributed by atoms with Crippen LogP contribution < -0.4 is 5.73 Å². The number of rotatable bonds is 4. The SMILES string of the molecule is COC(C)C(N)Cc1ccc(Br)cc1F. The summed E-state index contributed by atoms with van der Waals surface area (Å²) in [5.41, 5.74) is 6.48. The van der Waals surface area contributed by atoms with Gasteiger partial charge in [0, 0.05) is 17.6 Å². The van der Waals surface area contributed by atoms with Crippen LogP contribution in [0.1, 0.15) is 12.5 Å². The molecule has 0 radical (unpaired) electrons. The topological polar surface area (TPSA) is 35.2 Å². The summed E-state index contributed by atoms with van der Waals surface area (Å²) in [7, 11) is 1.60. The first-order valence-electron chi connectivity index (χ1n) is 4.77. The Hall–Kier alpha value is -0.450. The van der Waals surface area contributed by atoms with E-state index in [-0.39, 0.29) is 18.0 Å². The van der Waals surface area contributed by atoms with Gasteiger partial charge in [0.25, 0.3) is 0 Å². The van der Waals surface area contributed by atoms with Gasteiger partial charge in [-0.1, -0.05) is 22.0 Å². The molecule has 1 aromatic carbocycles. The van der Waals surface area contributed by atoms with Gasteiger partial charge in [-0.05, 0) is 31.0 Å². The second kappa shape index (κ2) is 5.58. The molecule has 15 heavy (non-hydrogen) atoms. The number of halogens is 2. The Morgan fingerprint density at radius 3 is 2.73 bits per heavy atom. The van der Waals surface area contributed by atoms with E-state index >= 15 is 0 Å². The summed E-state index contributed by atoms with van der Waals surface area (Å²) < 4.78 is 19.3. The van der Waals surface area contributed by atoms with E-state index in [0.717, 1.165) is 4.47 Å². The minimum atomic E-state index is -0.233. The van der Waals surface area contributed by atoms with Gasteiger partial charge in [0.1, 0.15) is 5.82 Å². The number of ether oxygens (including phenoxy) is 1. The van der Waals surface area contributed by atoms with Crippen molar-refractivity contribution < 1.29 is 9.13 Å². The number of benzene rings is 1. The van der Waals surface area contributed by atoms with Crippen LogP contribution in [0.4, 0.5) is 4.39 Å². The Bertz CT molecular complexity index is 332. The van der Waals surface area contributed by atoms with Gasteiger partial charge in [-0.15, -0.1) is 0 Å². The second-order valence-electron chi connectivity index (χ2n) is 3.54. The molecule has 2 atom stereocenters. The van der Waals surface area contributed by atoms with Crippen molar-refractivity contribution in [1.82, 2.24) is 0 Å². The number of hydrogen-bond acceptors (Lipinski definition) is 2. The van der Waals surface area contributed by atoms with Crippen molar-refractivity contribution in [2.45, 2.75) is 25.5 Å². The average Bonchev–Trinajstić information content (AvgIpc) is 2.20. The monoisotopic (exact) mass is 275 g/mol. The highest BCUT2D eigenvalue weighted by molar-refractivity contribution is 9.10. The number of methoxy groups -OCH3 is 1. The van der Waals surface area contributed by atoms with Crippen LogP contribution >= 0.6 is 15.9 Å². The van der Waals surface area contributed by atoms with Crippen LogP contribution in [0.3, 0.4) is 0 Å². The van der Waals surface area contributed by atoms with E-state index in [1.807, 2.05) is 13.0 Å². The smallest absolute Gasteiger partial charge is 0.127 e. The van der Waals surface area contributed by atoms with Gasteiger partial charge in [0.05, 0.1) is 6.10 Å². The summed E-state index contributed by atoms with van der Waals surface area (Å²) in [4.78, 5) is 0. The van der Waals surface area contributed by atoms with E-state index < -0.39 is 0 Å². The lowest BCUT2D eigenvalue weighted by Gasteiger charge is -2.18. The molecule has 1 aromatic rings. The minimum absolute atomic E-state index is 0.0759. The maximum atomic E-state index is 13.5. The molecule has 0 aliphatic carbocycles. The van der Waals surface area contributed by atoms with Gasteiger partial charge in [-0.2, -0.15) is 0 Å². The molecule has 0 amide bonds. The fourth-order valence-electron chi connectivity index (χ4n) is 1.28. The van der Waals surface area contributed by atoms with Crippen LogP contribution in [0.15, 0.2) is 22.7 Å². The van der Waals surface area contributed by atoms with Crippen molar-refractivity contribution in [3.63, 3.8) is 0 Å². The number of hydrogen-bond donors (Lipinski definition) is 1. The largest absolute Gasteiger partial charge is 0.380 e. The maximum Gasteiger partial charge on any atom is 0.127 e. The van der Waals surface area contributed by atoms with Gasteiger partial charge >= 0.3 is 0 Å². The van der Waals surface area contributed by atoms with Crippen LogP contribution in [0.25, 0.3) is 0 Å². The molecule has 0 fully saturated rings. The zero-order valence-corrected chi connectivity index (χ0v) is 10.4. The zero-order chi connectivity index (χ0) is 11.4. The van der Waals surface area contributed by atoms with Crippen molar-refractivity contribution in [1.29, 1.82) is 0 Å². The van der Waals surface area contributed by atoms with E-state index in [1.165, 1.54) is 6.07 Å². The summed E-state index contributed by atoms with van der Waals surface area (Å²) in [6, 6.07) is 4.80. The standard InChI is InChI=1S/C11H15BrFNO/c1-7(15-2)11(14)5-8-3-4-9(12)6-10(8)13/h3-4,6-7,11H,5,14H2,1-2H3. The van der Waals surface area contributed by atoms with Crippen molar-refractivity contribution in [2.24, 2.45) is 5.73 Å². The molecule has 2 nitrogen and oxygen atoms in total. The Morgan fingerprint density at radius 1 is 1.53 bits per heavy atom. The fourth-order valence-corrected chi connectivity index (χ4v) is 1.62. The molecule has 0 aromatic heterocycles. The van der Waals surface area contributed by atoms with Crippen LogP contribution in [-0.4, -0.2) is 19.3 Å². The molecule has 0 spiro atoms. The molecule has 84 valence electrons. The Kier molecular flexibility index (Phi) is 4.70. The molecule has 0 aliphatic heterocycles. The molecular formula is C11H15BrFNO. The van der Waals surface area contributed by atoms with Gasteiger partial charge in [0.2, 0.25) is 0 Å². The normalized spacial score (nSPS) is 15.0. The molecule has 0 heterocycles. The molecule has 0 aliphatic rings. The van der Waals surface area contributed by atoms with Crippen molar-refractivity contribution >= 4 is 15.9 Å². The average molecular weight is 276 g/mol. The molecule has 4 heteroatoms. The van der Waals surface area contributed by atoms with Crippen LogP contribution in [-0.2, 0) is 11.2 Å². The third-order valence-electron chi connectivity index (χ3n) is 2.45. The van der Waals surface area contributed by atoms with Gasteiger partial charge in [-0.25, -0.2) is 4.39 Å². The zero-order valence-electron chi connectivity index (χ0n) is 8.84. The van der Waals surface area contributed by atoms with Gasteiger partial charge in [-0.3, -0.25) is 0 Å². The van der Waals surface area contributed by atoms with Crippen LogP contribution in [0.5, 0.6) is 0 Å². The summed E-state index contributed by atoms with van der Waals surface area (Å²) in [5.74, 6) is -0.233. The maximum absolute atomic E-state index is 13.5. The lowest BCUT2D eigenvalue weighted by Crippen LogP contribution is -2.36. The van der Waals surface area contributed by atoms with Gasteiger partial charge < -0.3 is 10.5 Å². The van der Waals surface area contributed by atoms with Crippen molar-refractivity contribution in [3.05, 3.63) is 34.1 Å². The molecule has 2 unspecified atom stereocenters. The summed E-state index contributed by atoms with van der Waals surface area (Å²) in [5, 5.41) is 0. The van der Waals surface area contributed by atoms with E-state index in [9.17, 15) is 4.39 Å². The first-order valence-corrected chi connectivity index (χ1v) is 5.56. The van der Waals surface area contributed by atoms with Gasteiger partial charge in [0.15, 0.2) is 0 Å². The van der Waals surface area contributed by atoms with E-state index in [1.54, 1.807) is 13.2 Å². The Morgan fingerprint density at radius 2 is 2.20 bits per heavy atom. The molecular weight excluding hydrogens is 261 g/mol. The van der Waals surface area contributed by atoms with E-state index in [2.05, 4.69) is 15.9 Å². The summed E-state index contributed by atoms with van der Waals surface area (Å²) in [6.07, 6.45) is 0.404. The summed E-state index contributed by atoms with van der Waals surface area (Å²) >= 11 is 3.21. The first kappa shape index (κ1) is 12.6. The lowest BCUT2D eigenvalue weighted by molar-refractivity contribution is 0.0953. The highest BCUT2D eigenvalue weighted by Gasteiger charge is 2.14. The Labute approximate surface area is 97.7 Å². The van der Waals surface area contributed by atoms with E-state index in [4.69, 9.17) is 10.5 Å². The fraction of sp³-hybridized carbons (Fsp3) is 0.455. The van der Waals surface area contributed by atoms with Crippen molar-refractivity contribution in [2.75, 3.05) is 7.11 Å². The van der Waals surface area contributed by atoms with Crippen LogP contribution in [0, 0.1) is 5.82 Å². The Balaban J connectivity index is 2.72. The quantitative estimate of drug-likeness (QED) is 0.917. The van der Waals surface area contributed by atoms with Crippen molar-refractivity contribution in [3.8, 4) is 0 Å². The molecule has 0 saturated heterocycles. The summed E-state index contributed by atoms with van der Waals surface area (Å²) in [6.45, 7) is 1.88. The van der Waals surface area contributed by atoms with Crippen LogP contribution in [0.2, 0.25) is 0 Å². The molecule has 0 saturated carbocycles. The first-order chi connectivity index (χ1) is 7.04.